The van der Waals surface area contributed by atoms with Gasteiger partial charge in [0.25, 0.3) is 0 Å². The van der Waals surface area contributed by atoms with E-state index in [0.717, 1.165) is 40.5 Å². The lowest BCUT2D eigenvalue weighted by Crippen LogP contribution is -2.30. The van der Waals surface area contributed by atoms with Gasteiger partial charge in [-0.2, -0.15) is 0 Å². The Kier molecular flexibility index (Phi) is 8.51. The number of thioether (sulfide) groups is 1. The minimum Gasteiger partial charge on any atom is -0.344 e. The number of benzene rings is 3. The molecule has 0 radical (unpaired) electrons. The van der Waals surface area contributed by atoms with Crippen molar-refractivity contribution in [2.24, 2.45) is 0 Å². The molecule has 1 aliphatic carbocycles. The van der Waals surface area contributed by atoms with Gasteiger partial charge in [0.05, 0.1) is 11.8 Å². The van der Waals surface area contributed by atoms with E-state index in [9.17, 15) is 4.79 Å². The second kappa shape index (κ2) is 12.2. The Morgan fingerprint density at radius 2 is 1.46 bits per heavy atom. The van der Waals surface area contributed by atoms with Gasteiger partial charge in [-0.3, -0.25) is 9.36 Å². The molecule has 0 spiro atoms. The molecule has 0 atom stereocenters. The predicted molar refractivity (Wildman–Crippen MR) is 160 cm³/mol. The highest BCUT2D eigenvalue weighted by atomic mass is 32.2. The van der Waals surface area contributed by atoms with E-state index in [0.29, 0.717) is 6.04 Å². The van der Waals surface area contributed by atoms with E-state index in [4.69, 9.17) is 0 Å². The Bertz CT molecular complexity index is 1320. The highest BCUT2D eigenvalue weighted by Gasteiger charge is 2.25. The van der Waals surface area contributed by atoms with Crippen LogP contribution < -0.4 is 5.32 Å². The van der Waals surface area contributed by atoms with Crippen molar-refractivity contribution >= 4 is 17.7 Å². The van der Waals surface area contributed by atoms with Gasteiger partial charge in [0.1, 0.15) is 0 Å². The molecule has 5 nitrogen and oxygen atoms in total. The Hall–Kier alpha value is -3.38. The first-order chi connectivity index (χ1) is 18.9. The van der Waals surface area contributed by atoms with Crippen molar-refractivity contribution in [2.75, 3.05) is 5.75 Å². The first kappa shape index (κ1) is 27.2. The number of aromatic nitrogens is 3. The first-order valence-corrected chi connectivity index (χ1v) is 15.0. The fourth-order valence-electron chi connectivity index (χ4n) is 5.34. The molecule has 1 saturated carbocycles. The Morgan fingerprint density at radius 1 is 0.872 bits per heavy atom. The predicted octanol–water partition coefficient (Wildman–Crippen LogP) is 7.75. The molecule has 0 aliphatic heterocycles. The summed E-state index contributed by atoms with van der Waals surface area (Å²) in [4.78, 5) is 13.3. The van der Waals surface area contributed by atoms with Crippen molar-refractivity contribution in [3.05, 3.63) is 102 Å². The number of carbonyl (C=O) groups is 1. The zero-order valence-corrected chi connectivity index (χ0v) is 24.0. The zero-order chi connectivity index (χ0) is 27.2. The standard InChI is InChI=1S/C33H38N4OS/c1-33(2,3)27-21-19-26(20-22-27)31-35-36-32(37(31)28-17-11-6-12-18-28)39-23-29(38)34-30(24-13-7-4-8-14-24)25-15-9-5-10-16-25/h4-5,7-10,13-16,19-22,28,30H,6,11-12,17-18,23H2,1-3H3,(H,34,38). The number of rotatable bonds is 8. The molecule has 0 saturated heterocycles. The number of hydrogen-bond donors (Lipinski definition) is 1. The van der Waals surface area contributed by atoms with Crippen LogP contribution in [0, 0.1) is 0 Å². The molecule has 39 heavy (non-hydrogen) atoms. The molecule has 5 rings (SSSR count). The van der Waals surface area contributed by atoms with Gasteiger partial charge in [0.2, 0.25) is 5.91 Å². The lowest BCUT2D eigenvalue weighted by Gasteiger charge is -2.26. The van der Waals surface area contributed by atoms with E-state index in [1.54, 1.807) is 0 Å². The highest BCUT2D eigenvalue weighted by Crippen LogP contribution is 2.36. The number of nitrogens with one attached hydrogen (secondary N) is 1. The Balaban J connectivity index is 1.36. The average Bonchev–Trinajstić information content (AvgIpc) is 3.40. The molecule has 1 aliphatic rings. The summed E-state index contributed by atoms with van der Waals surface area (Å²) >= 11 is 1.48. The Labute approximate surface area is 236 Å². The molecule has 4 aromatic rings. The highest BCUT2D eigenvalue weighted by molar-refractivity contribution is 7.99. The van der Waals surface area contributed by atoms with E-state index in [2.05, 4.69) is 89.4 Å². The van der Waals surface area contributed by atoms with Crippen molar-refractivity contribution in [3.8, 4) is 11.4 Å². The van der Waals surface area contributed by atoms with Crippen LogP contribution in [0.2, 0.25) is 0 Å². The van der Waals surface area contributed by atoms with Crippen molar-refractivity contribution < 1.29 is 4.79 Å². The number of hydrogen-bond acceptors (Lipinski definition) is 4. The summed E-state index contributed by atoms with van der Waals surface area (Å²) in [6.07, 6.45) is 5.95. The van der Waals surface area contributed by atoms with Crippen LogP contribution in [0.3, 0.4) is 0 Å². The smallest absolute Gasteiger partial charge is 0.231 e. The van der Waals surface area contributed by atoms with Gasteiger partial charge in [-0.25, -0.2) is 0 Å². The van der Waals surface area contributed by atoms with Crippen LogP contribution in [0.5, 0.6) is 0 Å². The number of nitrogens with zero attached hydrogens (tertiary/aromatic N) is 3. The SMILES string of the molecule is CC(C)(C)c1ccc(-c2nnc(SCC(=O)NC(c3ccccc3)c3ccccc3)n2C2CCCCC2)cc1. The third-order valence-corrected chi connectivity index (χ3v) is 8.46. The summed E-state index contributed by atoms with van der Waals surface area (Å²) in [5, 5.41) is 13.3. The molecular formula is C33H38N4OS. The average molecular weight is 539 g/mol. The lowest BCUT2D eigenvalue weighted by atomic mass is 9.86. The summed E-state index contributed by atoms with van der Waals surface area (Å²) < 4.78 is 2.30. The molecule has 202 valence electrons. The van der Waals surface area contributed by atoms with E-state index in [1.807, 2.05) is 36.4 Å². The largest absolute Gasteiger partial charge is 0.344 e. The van der Waals surface area contributed by atoms with Crippen LogP contribution >= 0.6 is 11.8 Å². The molecule has 0 bridgehead atoms. The second-order valence-corrected chi connectivity index (χ2v) is 12.3. The van der Waals surface area contributed by atoms with E-state index in [-0.39, 0.29) is 23.1 Å². The van der Waals surface area contributed by atoms with Gasteiger partial charge in [-0.15, -0.1) is 10.2 Å². The van der Waals surface area contributed by atoms with Crippen LogP contribution in [-0.2, 0) is 10.2 Å². The van der Waals surface area contributed by atoms with Gasteiger partial charge >= 0.3 is 0 Å². The molecule has 6 heteroatoms. The van der Waals surface area contributed by atoms with Crippen LogP contribution in [0.1, 0.15) is 81.6 Å². The topological polar surface area (TPSA) is 59.8 Å². The monoisotopic (exact) mass is 538 g/mol. The van der Waals surface area contributed by atoms with E-state index >= 15 is 0 Å². The normalized spacial score (nSPS) is 14.5. The first-order valence-electron chi connectivity index (χ1n) is 14.0. The van der Waals surface area contributed by atoms with Gasteiger partial charge in [-0.1, -0.05) is 137 Å². The number of amides is 1. The van der Waals surface area contributed by atoms with Gasteiger partial charge in [0, 0.05) is 11.6 Å². The Morgan fingerprint density at radius 3 is 2.03 bits per heavy atom. The van der Waals surface area contributed by atoms with E-state index < -0.39 is 0 Å². The number of carbonyl (C=O) groups excluding carboxylic acids is 1. The van der Waals surface area contributed by atoms with Crippen LogP contribution in [-0.4, -0.2) is 26.4 Å². The van der Waals surface area contributed by atoms with Gasteiger partial charge in [-0.05, 0) is 34.9 Å². The van der Waals surface area contributed by atoms with Crippen LogP contribution in [0.25, 0.3) is 11.4 Å². The van der Waals surface area contributed by atoms with Gasteiger partial charge in [0.15, 0.2) is 11.0 Å². The van der Waals surface area contributed by atoms with Crippen LogP contribution in [0.4, 0.5) is 0 Å². The maximum Gasteiger partial charge on any atom is 0.231 e. The van der Waals surface area contributed by atoms with E-state index in [1.165, 1.54) is 36.6 Å². The second-order valence-electron chi connectivity index (χ2n) is 11.4. The summed E-state index contributed by atoms with van der Waals surface area (Å²) in [5.74, 6) is 1.16. The van der Waals surface area contributed by atoms with Crippen molar-refractivity contribution in [1.82, 2.24) is 20.1 Å². The minimum absolute atomic E-state index is 0.0213. The maximum atomic E-state index is 13.3. The van der Waals surface area contributed by atoms with Crippen molar-refractivity contribution in [3.63, 3.8) is 0 Å². The summed E-state index contributed by atoms with van der Waals surface area (Å²) in [6.45, 7) is 6.69. The van der Waals surface area contributed by atoms with Crippen LogP contribution in [0.15, 0.2) is 90.1 Å². The molecular weight excluding hydrogens is 500 g/mol. The molecule has 1 aromatic heterocycles. The van der Waals surface area contributed by atoms with Gasteiger partial charge < -0.3 is 5.32 Å². The van der Waals surface area contributed by atoms with Crippen molar-refractivity contribution in [1.29, 1.82) is 0 Å². The zero-order valence-electron chi connectivity index (χ0n) is 23.1. The fraction of sp³-hybridized carbons (Fsp3) is 0.364. The molecule has 1 amide bonds. The summed E-state index contributed by atoms with van der Waals surface area (Å²) in [6, 6.07) is 29.1. The fourth-order valence-corrected chi connectivity index (χ4v) is 6.16. The third-order valence-electron chi connectivity index (χ3n) is 7.52. The third kappa shape index (κ3) is 6.62. The molecule has 1 heterocycles. The lowest BCUT2D eigenvalue weighted by molar-refractivity contribution is -0.119. The molecule has 0 unspecified atom stereocenters. The molecule has 3 aromatic carbocycles. The quantitative estimate of drug-likeness (QED) is 0.233. The minimum atomic E-state index is -0.200. The summed E-state index contributed by atoms with van der Waals surface area (Å²) in [7, 11) is 0. The summed E-state index contributed by atoms with van der Waals surface area (Å²) in [5.41, 5.74) is 4.60. The molecule has 1 N–H and O–H groups in total. The van der Waals surface area contributed by atoms with Crippen molar-refractivity contribution in [2.45, 2.75) is 75.5 Å². The maximum absolute atomic E-state index is 13.3. The molecule has 1 fully saturated rings.